The number of aromatic amines is 1. The smallest absolute Gasteiger partial charge is 0.178 e. The molecule has 2 aromatic rings. The zero-order chi connectivity index (χ0) is 12.0. The number of aromatic nitrogens is 2. The molecule has 0 saturated heterocycles. The van der Waals surface area contributed by atoms with Crippen molar-refractivity contribution in [2.45, 2.75) is 31.7 Å². The monoisotopic (exact) mass is 243 g/mol. The largest absolute Gasteiger partial charge is 0.331 e. The van der Waals surface area contributed by atoms with Crippen LogP contribution in [0.1, 0.15) is 31.7 Å². The van der Waals surface area contributed by atoms with Crippen molar-refractivity contribution in [3.8, 4) is 6.07 Å². The van der Waals surface area contributed by atoms with E-state index in [1.165, 1.54) is 6.42 Å². The molecule has 86 valence electrons. The summed E-state index contributed by atoms with van der Waals surface area (Å²) in [6, 6.07) is 7.86. The number of hydrogen-bond donors (Lipinski definition) is 1. The van der Waals surface area contributed by atoms with Gasteiger partial charge in [0.05, 0.1) is 22.7 Å². The van der Waals surface area contributed by atoms with Crippen molar-refractivity contribution in [2.24, 2.45) is 0 Å². The number of H-pyrrole nitrogens is 1. The summed E-state index contributed by atoms with van der Waals surface area (Å²) in [5.41, 5.74) is 2.88. The number of hydrogen-bond acceptors (Lipinski definition) is 2. The fourth-order valence-corrected chi connectivity index (χ4v) is 3.05. The first-order valence-electron chi connectivity index (χ1n) is 5.79. The van der Waals surface area contributed by atoms with Crippen molar-refractivity contribution in [1.82, 2.24) is 9.55 Å². The Labute approximate surface area is 105 Å². The lowest BCUT2D eigenvalue weighted by Crippen LogP contribution is -2.37. The summed E-state index contributed by atoms with van der Waals surface area (Å²) < 4.78 is 2.94. The van der Waals surface area contributed by atoms with Gasteiger partial charge in [-0.2, -0.15) is 5.26 Å². The highest BCUT2D eigenvalue weighted by atomic mass is 32.1. The van der Waals surface area contributed by atoms with Crippen LogP contribution in [-0.4, -0.2) is 9.55 Å². The second-order valence-electron chi connectivity index (χ2n) is 4.96. The minimum Gasteiger partial charge on any atom is -0.331 e. The predicted molar refractivity (Wildman–Crippen MR) is 69.3 cm³/mol. The van der Waals surface area contributed by atoms with E-state index in [0.717, 1.165) is 28.6 Å². The predicted octanol–water partition coefficient (Wildman–Crippen LogP) is 3.47. The van der Waals surface area contributed by atoms with Crippen molar-refractivity contribution in [3.63, 3.8) is 0 Å². The summed E-state index contributed by atoms with van der Waals surface area (Å²) in [7, 11) is 0. The molecule has 0 unspecified atom stereocenters. The molecule has 0 bridgehead atoms. The summed E-state index contributed by atoms with van der Waals surface area (Å²) in [4.78, 5) is 3.22. The first-order chi connectivity index (χ1) is 8.14. The molecule has 0 atom stereocenters. The molecule has 0 aliphatic heterocycles. The molecule has 0 radical (unpaired) electrons. The number of nitrogens with zero attached hydrogens (tertiary/aromatic N) is 2. The zero-order valence-corrected chi connectivity index (χ0v) is 10.5. The Bertz CT molecular complexity index is 683. The minimum absolute atomic E-state index is 0.128. The van der Waals surface area contributed by atoms with Crippen LogP contribution in [0, 0.1) is 16.1 Å². The van der Waals surface area contributed by atoms with Crippen LogP contribution in [-0.2, 0) is 5.54 Å². The molecule has 0 amide bonds. The Hall–Kier alpha value is -1.60. The molecule has 1 aromatic carbocycles. The highest BCUT2D eigenvalue weighted by molar-refractivity contribution is 7.71. The number of nitriles is 1. The summed E-state index contributed by atoms with van der Waals surface area (Å²) in [6.45, 7) is 2.23. The molecule has 0 spiro atoms. The number of nitrogens with one attached hydrogen (secondary N) is 1. The van der Waals surface area contributed by atoms with Gasteiger partial charge in [-0.25, -0.2) is 0 Å². The van der Waals surface area contributed by atoms with Gasteiger partial charge in [-0.05, 0) is 56.6 Å². The van der Waals surface area contributed by atoms with E-state index in [0.29, 0.717) is 5.56 Å². The van der Waals surface area contributed by atoms with E-state index < -0.39 is 0 Å². The third-order valence-corrected chi connectivity index (χ3v) is 4.07. The molecule has 1 N–H and O–H groups in total. The third-order valence-electron chi connectivity index (χ3n) is 3.78. The molecule has 1 aromatic heterocycles. The maximum absolute atomic E-state index is 8.97. The molecule has 3 nitrogen and oxygen atoms in total. The molecule has 1 fully saturated rings. The van der Waals surface area contributed by atoms with Gasteiger partial charge >= 0.3 is 0 Å². The first kappa shape index (κ1) is 10.5. The van der Waals surface area contributed by atoms with E-state index in [-0.39, 0.29) is 5.54 Å². The lowest BCUT2D eigenvalue weighted by atomic mass is 9.78. The summed E-state index contributed by atoms with van der Waals surface area (Å²) in [6.07, 6.45) is 3.57. The number of benzene rings is 1. The van der Waals surface area contributed by atoms with Gasteiger partial charge in [-0.15, -0.1) is 0 Å². The van der Waals surface area contributed by atoms with Crippen molar-refractivity contribution >= 4 is 23.3 Å². The second-order valence-corrected chi connectivity index (χ2v) is 5.35. The number of imidazole rings is 1. The van der Waals surface area contributed by atoms with Gasteiger partial charge < -0.3 is 9.55 Å². The Morgan fingerprint density at radius 2 is 2.24 bits per heavy atom. The summed E-state index contributed by atoms with van der Waals surface area (Å²) >= 11 is 5.41. The van der Waals surface area contributed by atoms with E-state index in [4.69, 9.17) is 17.5 Å². The van der Waals surface area contributed by atoms with Gasteiger partial charge in [0.15, 0.2) is 4.77 Å². The fourth-order valence-electron chi connectivity index (χ4n) is 2.62. The van der Waals surface area contributed by atoms with Crippen molar-refractivity contribution in [3.05, 3.63) is 28.5 Å². The first-order valence-corrected chi connectivity index (χ1v) is 6.20. The van der Waals surface area contributed by atoms with Crippen molar-refractivity contribution in [1.29, 1.82) is 5.26 Å². The van der Waals surface area contributed by atoms with E-state index >= 15 is 0 Å². The fraction of sp³-hybridized carbons (Fsp3) is 0.385. The Morgan fingerprint density at radius 3 is 2.82 bits per heavy atom. The molecule has 4 heteroatoms. The Balaban J connectivity index is 2.33. The maximum atomic E-state index is 8.97. The van der Waals surface area contributed by atoms with Crippen LogP contribution >= 0.6 is 12.2 Å². The molecular formula is C13H13N3S. The average Bonchev–Trinajstić information content (AvgIpc) is 2.61. The van der Waals surface area contributed by atoms with E-state index in [1.54, 1.807) is 0 Å². The Morgan fingerprint density at radius 1 is 1.47 bits per heavy atom. The van der Waals surface area contributed by atoms with Crippen LogP contribution < -0.4 is 0 Å². The van der Waals surface area contributed by atoms with Crippen LogP contribution in [0.25, 0.3) is 11.0 Å². The van der Waals surface area contributed by atoms with Crippen molar-refractivity contribution < 1.29 is 0 Å². The van der Waals surface area contributed by atoms with Gasteiger partial charge in [0.1, 0.15) is 0 Å². The highest BCUT2D eigenvalue weighted by Gasteiger charge is 2.35. The van der Waals surface area contributed by atoms with Gasteiger partial charge in [-0.1, -0.05) is 0 Å². The average molecular weight is 243 g/mol. The van der Waals surface area contributed by atoms with E-state index in [2.05, 4.69) is 22.5 Å². The maximum Gasteiger partial charge on any atom is 0.178 e. The summed E-state index contributed by atoms with van der Waals surface area (Å²) in [5.74, 6) is 0. The highest BCUT2D eigenvalue weighted by Crippen LogP contribution is 2.40. The van der Waals surface area contributed by atoms with Gasteiger partial charge in [0, 0.05) is 5.54 Å². The van der Waals surface area contributed by atoms with Crippen LogP contribution in [0.3, 0.4) is 0 Å². The molecule has 1 heterocycles. The van der Waals surface area contributed by atoms with Crippen LogP contribution in [0.4, 0.5) is 0 Å². The van der Waals surface area contributed by atoms with E-state index in [9.17, 15) is 0 Å². The van der Waals surface area contributed by atoms with E-state index in [1.807, 2.05) is 18.2 Å². The second kappa shape index (κ2) is 3.44. The van der Waals surface area contributed by atoms with Gasteiger partial charge in [-0.3, -0.25) is 0 Å². The zero-order valence-electron chi connectivity index (χ0n) is 9.66. The quantitative estimate of drug-likeness (QED) is 0.779. The lowest BCUT2D eigenvalue weighted by Gasteiger charge is -2.40. The molecule has 1 aliphatic rings. The molecule has 1 aliphatic carbocycles. The standard InChI is InChI=1S/C13H13N3S/c1-13(5-2-6-13)16-11-7-9(8-14)3-4-10(11)15-12(16)17/h3-4,7H,2,5-6H2,1H3,(H,15,17). The minimum atomic E-state index is 0.128. The van der Waals surface area contributed by atoms with Gasteiger partial charge in [0.25, 0.3) is 0 Å². The number of rotatable bonds is 1. The van der Waals surface area contributed by atoms with Gasteiger partial charge in [0.2, 0.25) is 0 Å². The van der Waals surface area contributed by atoms with Crippen LogP contribution in [0.15, 0.2) is 18.2 Å². The molecule has 1 saturated carbocycles. The molecule has 17 heavy (non-hydrogen) atoms. The SMILES string of the molecule is CC1(n2c(=S)[nH]c3ccc(C#N)cc32)CCC1. The lowest BCUT2D eigenvalue weighted by molar-refractivity contribution is 0.172. The molecule has 3 rings (SSSR count). The summed E-state index contributed by atoms with van der Waals surface area (Å²) in [5, 5.41) is 8.97. The Kier molecular flexibility index (Phi) is 2.14. The molecular weight excluding hydrogens is 230 g/mol. The topological polar surface area (TPSA) is 44.5 Å². The van der Waals surface area contributed by atoms with Crippen LogP contribution in [0.5, 0.6) is 0 Å². The van der Waals surface area contributed by atoms with Crippen LogP contribution in [0.2, 0.25) is 0 Å². The van der Waals surface area contributed by atoms with Crippen molar-refractivity contribution in [2.75, 3.05) is 0 Å². The number of fused-ring (bicyclic) bond motifs is 1. The normalized spacial score (nSPS) is 17.6. The third kappa shape index (κ3) is 1.43.